The van der Waals surface area contributed by atoms with Crippen LogP contribution in [0.3, 0.4) is 0 Å². The van der Waals surface area contributed by atoms with Gasteiger partial charge in [-0.15, -0.1) is 24.8 Å². The molecule has 1 fully saturated rings. The SMILES string of the molecule is CCn1c(=O)[nH]c(=O)c2c(C(=O)NC3CCCC3CN)cc(C(C)C)nc21.Cl.Cl. The van der Waals surface area contributed by atoms with Crippen LogP contribution in [0.15, 0.2) is 15.7 Å². The Labute approximate surface area is 181 Å². The Morgan fingerprint density at radius 2 is 2.03 bits per heavy atom. The van der Waals surface area contributed by atoms with Gasteiger partial charge in [0.1, 0.15) is 0 Å². The van der Waals surface area contributed by atoms with Gasteiger partial charge in [0, 0.05) is 18.3 Å². The molecule has 0 radical (unpaired) electrons. The lowest BCUT2D eigenvalue weighted by Crippen LogP contribution is -2.40. The van der Waals surface area contributed by atoms with E-state index < -0.39 is 11.2 Å². The van der Waals surface area contributed by atoms with E-state index in [2.05, 4.69) is 15.3 Å². The van der Waals surface area contributed by atoms with Gasteiger partial charge in [0.25, 0.3) is 11.5 Å². The molecule has 2 heterocycles. The summed E-state index contributed by atoms with van der Waals surface area (Å²) in [5.41, 5.74) is 5.89. The van der Waals surface area contributed by atoms with Crippen molar-refractivity contribution in [1.82, 2.24) is 19.9 Å². The molecule has 0 spiro atoms. The molecule has 10 heteroatoms. The number of pyridine rings is 1. The Balaban J connectivity index is 0.00000210. The Hall–Kier alpha value is -1.90. The third-order valence-corrected chi connectivity index (χ3v) is 5.40. The number of aromatic nitrogens is 3. The molecule has 1 aliphatic rings. The smallest absolute Gasteiger partial charge is 0.329 e. The highest BCUT2D eigenvalue weighted by Gasteiger charge is 2.29. The van der Waals surface area contributed by atoms with Crippen molar-refractivity contribution in [3.63, 3.8) is 0 Å². The second-order valence-corrected chi connectivity index (χ2v) is 7.46. The number of fused-ring (bicyclic) bond motifs is 1. The number of nitrogens with one attached hydrogen (secondary N) is 2. The van der Waals surface area contributed by atoms with Crippen LogP contribution in [0.25, 0.3) is 11.0 Å². The first kappa shape index (κ1) is 25.1. The van der Waals surface area contributed by atoms with Crippen LogP contribution >= 0.6 is 24.8 Å². The molecule has 2 atom stereocenters. The number of nitrogens with two attached hydrogens (primary N) is 1. The van der Waals surface area contributed by atoms with Gasteiger partial charge in [0.15, 0.2) is 5.65 Å². The quantitative estimate of drug-likeness (QED) is 0.648. The summed E-state index contributed by atoms with van der Waals surface area (Å²) < 4.78 is 1.39. The van der Waals surface area contributed by atoms with Gasteiger partial charge in [0.2, 0.25) is 0 Å². The maximum atomic E-state index is 13.1. The number of rotatable bonds is 5. The highest BCUT2D eigenvalue weighted by Crippen LogP contribution is 2.26. The maximum absolute atomic E-state index is 13.1. The van der Waals surface area contributed by atoms with Gasteiger partial charge in [-0.05, 0) is 44.2 Å². The number of halogens is 2. The fraction of sp³-hybridized carbons (Fsp3) is 0.579. The normalized spacial score (nSPS) is 18.4. The van der Waals surface area contributed by atoms with Crippen LogP contribution < -0.4 is 22.3 Å². The van der Waals surface area contributed by atoms with Crippen LogP contribution in [0, 0.1) is 5.92 Å². The summed E-state index contributed by atoms with van der Waals surface area (Å²) in [4.78, 5) is 44.6. The number of nitrogens with zero attached hydrogens (tertiary/aromatic N) is 2. The van der Waals surface area contributed by atoms with Crippen molar-refractivity contribution in [1.29, 1.82) is 0 Å². The lowest BCUT2D eigenvalue weighted by atomic mass is 10.0. The first-order chi connectivity index (χ1) is 12.9. The Morgan fingerprint density at radius 1 is 1.34 bits per heavy atom. The molecule has 8 nitrogen and oxygen atoms in total. The van der Waals surface area contributed by atoms with Crippen LogP contribution in [-0.4, -0.2) is 33.0 Å². The van der Waals surface area contributed by atoms with E-state index in [1.807, 2.05) is 13.8 Å². The van der Waals surface area contributed by atoms with E-state index in [1.54, 1.807) is 13.0 Å². The van der Waals surface area contributed by atoms with Crippen molar-refractivity contribution in [3.05, 3.63) is 38.2 Å². The van der Waals surface area contributed by atoms with Gasteiger partial charge in [-0.1, -0.05) is 20.3 Å². The predicted octanol–water partition coefficient (Wildman–Crippen LogP) is 1.93. The number of carbonyl (C=O) groups is 1. The van der Waals surface area contributed by atoms with Gasteiger partial charge in [0.05, 0.1) is 10.9 Å². The summed E-state index contributed by atoms with van der Waals surface area (Å²) in [5.74, 6) is -0.0240. The Bertz CT molecular complexity index is 986. The molecule has 2 aromatic heterocycles. The molecule has 29 heavy (non-hydrogen) atoms. The van der Waals surface area contributed by atoms with E-state index in [0.29, 0.717) is 18.8 Å². The van der Waals surface area contributed by atoms with Crippen molar-refractivity contribution in [2.24, 2.45) is 11.7 Å². The molecule has 1 aliphatic carbocycles. The summed E-state index contributed by atoms with van der Waals surface area (Å²) in [6.45, 7) is 6.58. The molecule has 0 aliphatic heterocycles. The van der Waals surface area contributed by atoms with Gasteiger partial charge in [-0.25, -0.2) is 9.78 Å². The van der Waals surface area contributed by atoms with Crippen LogP contribution in [0.4, 0.5) is 0 Å². The summed E-state index contributed by atoms with van der Waals surface area (Å²) in [7, 11) is 0. The van der Waals surface area contributed by atoms with Crippen molar-refractivity contribution < 1.29 is 4.79 Å². The summed E-state index contributed by atoms with van der Waals surface area (Å²) >= 11 is 0. The van der Waals surface area contributed by atoms with Gasteiger partial charge < -0.3 is 11.1 Å². The lowest BCUT2D eigenvalue weighted by molar-refractivity contribution is 0.0930. The highest BCUT2D eigenvalue weighted by atomic mass is 35.5. The van der Waals surface area contributed by atoms with E-state index in [1.165, 1.54) is 4.57 Å². The number of amides is 1. The number of carbonyl (C=O) groups excluding carboxylic acids is 1. The van der Waals surface area contributed by atoms with Crippen molar-refractivity contribution in [3.8, 4) is 0 Å². The standard InChI is InChI=1S/C19H27N5O3.2ClH/c1-4-24-16-15(18(26)23-19(24)27)12(8-14(21-16)10(2)3)17(25)22-13-7-5-6-11(13)9-20;;/h8,10-11,13H,4-7,9,20H2,1-3H3,(H,22,25)(H,23,26,27);2*1H. The maximum Gasteiger partial charge on any atom is 0.329 e. The van der Waals surface area contributed by atoms with Crippen LogP contribution in [0.5, 0.6) is 0 Å². The minimum atomic E-state index is -0.588. The van der Waals surface area contributed by atoms with Crippen LogP contribution in [0.1, 0.15) is 62.0 Å². The summed E-state index contributed by atoms with van der Waals surface area (Å²) in [6.07, 6.45) is 2.90. The van der Waals surface area contributed by atoms with E-state index in [9.17, 15) is 14.4 Å². The number of hydrogen-bond donors (Lipinski definition) is 3. The first-order valence-electron chi connectivity index (χ1n) is 9.56. The molecule has 4 N–H and O–H groups in total. The van der Waals surface area contributed by atoms with E-state index in [0.717, 1.165) is 19.3 Å². The minimum Gasteiger partial charge on any atom is -0.349 e. The zero-order valence-electron chi connectivity index (χ0n) is 16.9. The fourth-order valence-electron chi connectivity index (χ4n) is 3.82. The molecule has 162 valence electrons. The molecule has 2 unspecified atom stereocenters. The third-order valence-electron chi connectivity index (χ3n) is 5.40. The zero-order chi connectivity index (χ0) is 19.7. The van der Waals surface area contributed by atoms with Crippen molar-refractivity contribution in [2.75, 3.05) is 6.54 Å². The zero-order valence-corrected chi connectivity index (χ0v) is 18.5. The van der Waals surface area contributed by atoms with Crippen molar-refractivity contribution in [2.45, 2.75) is 58.5 Å². The number of aryl methyl sites for hydroxylation is 1. The van der Waals surface area contributed by atoms with Gasteiger partial charge in [-0.2, -0.15) is 0 Å². The molecule has 0 saturated heterocycles. The molecule has 0 bridgehead atoms. The Morgan fingerprint density at radius 3 is 2.62 bits per heavy atom. The average Bonchev–Trinajstić information content (AvgIpc) is 3.07. The van der Waals surface area contributed by atoms with E-state index in [-0.39, 0.29) is 65.2 Å². The molecule has 1 saturated carbocycles. The van der Waals surface area contributed by atoms with Gasteiger partial charge >= 0.3 is 5.69 Å². The Kier molecular flexibility index (Phi) is 8.86. The van der Waals surface area contributed by atoms with E-state index in [4.69, 9.17) is 5.73 Å². The summed E-state index contributed by atoms with van der Waals surface area (Å²) in [6, 6.07) is 1.67. The molecule has 1 amide bonds. The monoisotopic (exact) mass is 445 g/mol. The lowest BCUT2D eigenvalue weighted by Gasteiger charge is -2.20. The highest BCUT2D eigenvalue weighted by molar-refractivity contribution is 6.05. The van der Waals surface area contributed by atoms with Crippen molar-refractivity contribution >= 4 is 41.8 Å². The molecular formula is C19H29Cl2N5O3. The minimum absolute atomic E-state index is 0. The predicted molar refractivity (Wildman–Crippen MR) is 119 cm³/mol. The van der Waals surface area contributed by atoms with E-state index >= 15 is 0 Å². The van der Waals surface area contributed by atoms with Gasteiger partial charge in [-0.3, -0.25) is 19.1 Å². The van der Waals surface area contributed by atoms with Crippen LogP contribution in [0.2, 0.25) is 0 Å². The largest absolute Gasteiger partial charge is 0.349 e. The third kappa shape index (κ3) is 4.82. The molecule has 0 aromatic carbocycles. The summed E-state index contributed by atoms with van der Waals surface area (Å²) in [5, 5.41) is 3.20. The molecule has 3 rings (SSSR count). The second kappa shape index (κ2) is 10.2. The number of hydrogen-bond acceptors (Lipinski definition) is 5. The second-order valence-electron chi connectivity index (χ2n) is 7.46. The molecule has 2 aromatic rings. The number of H-pyrrole nitrogens is 1. The van der Waals surface area contributed by atoms with Crippen LogP contribution in [-0.2, 0) is 6.54 Å². The number of aromatic amines is 1. The average molecular weight is 446 g/mol. The fourth-order valence-corrected chi connectivity index (χ4v) is 3.82. The first-order valence-corrected chi connectivity index (χ1v) is 9.56. The topological polar surface area (TPSA) is 123 Å². The molecular weight excluding hydrogens is 417 g/mol.